The minimum Gasteiger partial charge on any atom is -0.497 e. The highest BCUT2D eigenvalue weighted by Gasteiger charge is 2.10. The summed E-state index contributed by atoms with van der Waals surface area (Å²) in [5, 5.41) is 18.7. The topological polar surface area (TPSA) is 90.2 Å². The zero-order valence-corrected chi connectivity index (χ0v) is 12.0. The normalized spacial score (nSPS) is 10.6. The zero-order valence-electron chi connectivity index (χ0n) is 12.0. The van der Waals surface area contributed by atoms with Gasteiger partial charge in [0.05, 0.1) is 14.2 Å². The number of benzene rings is 1. The van der Waals surface area contributed by atoms with Crippen molar-refractivity contribution in [2.45, 2.75) is 0 Å². The van der Waals surface area contributed by atoms with Crippen LogP contribution >= 0.6 is 0 Å². The average Bonchev–Trinajstić information content (AvgIpc) is 2.84. The van der Waals surface area contributed by atoms with Gasteiger partial charge in [0.25, 0.3) is 0 Å². The molecule has 0 aliphatic carbocycles. The maximum Gasteiger partial charge on any atom is 0.356 e. The summed E-state index contributed by atoms with van der Waals surface area (Å²) in [7, 11) is 3.04. The molecule has 0 saturated carbocycles. The summed E-state index contributed by atoms with van der Waals surface area (Å²) in [5.74, 6) is -0.406. The summed E-state index contributed by atoms with van der Waals surface area (Å²) in [6.07, 6.45) is 2.63. The first kappa shape index (κ1) is 15.3. The van der Waals surface area contributed by atoms with Gasteiger partial charge in [0, 0.05) is 29.8 Å². The maximum absolute atomic E-state index is 11.7. The number of carbonyl (C=O) groups is 1. The van der Waals surface area contributed by atoms with E-state index in [1.807, 2.05) is 0 Å². The number of methoxy groups -OCH3 is 2. The lowest BCUT2D eigenvalue weighted by Gasteiger charge is -2.07. The van der Waals surface area contributed by atoms with Crippen molar-refractivity contribution < 1.29 is 29.3 Å². The third-order valence-electron chi connectivity index (χ3n) is 2.82. The molecule has 0 radical (unpaired) electrons. The average molecular weight is 305 g/mol. The second-order valence-electron chi connectivity index (χ2n) is 4.20. The van der Waals surface area contributed by atoms with Crippen LogP contribution in [0.25, 0.3) is 6.08 Å². The standard InChI is InChI=1S/C15H15NO6/c1-20-11-5-3-10(12(9-11)21-2)4-8-15(19)22-16-13(17)6-7-14(16)18/h3-9,17-18H,1-2H3. The molecular weight excluding hydrogens is 290 g/mol. The first-order valence-corrected chi connectivity index (χ1v) is 6.27. The molecule has 1 aromatic carbocycles. The predicted molar refractivity (Wildman–Crippen MR) is 77.9 cm³/mol. The van der Waals surface area contributed by atoms with Gasteiger partial charge in [-0.25, -0.2) is 4.79 Å². The molecule has 1 aromatic heterocycles. The Hall–Kier alpha value is -3.09. The Morgan fingerprint density at radius 2 is 1.77 bits per heavy atom. The zero-order chi connectivity index (χ0) is 16.1. The first-order valence-electron chi connectivity index (χ1n) is 6.27. The number of aromatic hydroxyl groups is 2. The van der Waals surface area contributed by atoms with E-state index < -0.39 is 5.97 Å². The SMILES string of the molecule is COc1ccc(C=CC(=O)On2c(O)ccc2O)c(OC)c1. The van der Waals surface area contributed by atoms with Gasteiger partial charge >= 0.3 is 5.97 Å². The fourth-order valence-electron chi connectivity index (χ4n) is 1.73. The third-order valence-corrected chi connectivity index (χ3v) is 2.82. The molecule has 0 aliphatic rings. The van der Waals surface area contributed by atoms with E-state index in [0.717, 1.165) is 6.08 Å². The van der Waals surface area contributed by atoms with Gasteiger partial charge in [0.1, 0.15) is 11.5 Å². The Labute approximate surface area is 126 Å². The van der Waals surface area contributed by atoms with Crippen LogP contribution in [0.1, 0.15) is 5.56 Å². The summed E-state index contributed by atoms with van der Waals surface area (Å²) in [6, 6.07) is 7.50. The molecule has 116 valence electrons. The van der Waals surface area contributed by atoms with E-state index >= 15 is 0 Å². The van der Waals surface area contributed by atoms with E-state index in [1.54, 1.807) is 18.2 Å². The highest BCUT2D eigenvalue weighted by Crippen LogP contribution is 2.25. The van der Waals surface area contributed by atoms with Crippen LogP contribution < -0.4 is 14.3 Å². The van der Waals surface area contributed by atoms with Gasteiger partial charge in [-0.05, 0) is 18.2 Å². The summed E-state index contributed by atoms with van der Waals surface area (Å²) < 4.78 is 10.9. The number of nitrogens with zero attached hydrogens (tertiary/aromatic N) is 1. The molecule has 2 N–H and O–H groups in total. The van der Waals surface area contributed by atoms with Crippen molar-refractivity contribution in [2.24, 2.45) is 0 Å². The van der Waals surface area contributed by atoms with Gasteiger partial charge < -0.3 is 24.5 Å². The van der Waals surface area contributed by atoms with Crippen LogP contribution in [0.3, 0.4) is 0 Å². The van der Waals surface area contributed by atoms with Gasteiger partial charge in [-0.2, -0.15) is 0 Å². The molecule has 0 aliphatic heterocycles. The molecule has 0 spiro atoms. The lowest BCUT2D eigenvalue weighted by molar-refractivity contribution is -0.139. The van der Waals surface area contributed by atoms with Crippen molar-refractivity contribution in [2.75, 3.05) is 14.2 Å². The van der Waals surface area contributed by atoms with Crippen LogP contribution in [0.4, 0.5) is 0 Å². The Kier molecular flexibility index (Phi) is 4.57. The lowest BCUT2D eigenvalue weighted by atomic mass is 10.2. The van der Waals surface area contributed by atoms with Gasteiger partial charge in [-0.1, -0.05) is 0 Å². The highest BCUT2D eigenvalue weighted by atomic mass is 16.7. The number of hydrogen-bond donors (Lipinski definition) is 2. The number of aromatic nitrogens is 1. The van der Waals surface area contributed by atoms with Crippen molar-refractivity contribution in [3.63, 3.8) is 0 Å². The predicted octanol–water partition coefficient (Wildman–Crippen LogP) is 1.59. The number of ether oxygens (including phenoxy) is 2. The quantitative estimate of drug-likeness (QED) is 0.815. The van der Waals surface area contributed by atoms with Crippen LogP contribution in [0, 0.1) is 0 Å². The van der Waals surface area contributed by atoms with Crippen molar-refractivity contribution in [3.8, 4) is 23.3 Å². The Bertz CT molecular complexity index is 685. The molecular formula is C15H15NO6. The maximum atomic E-state index is 11.7. The van der Waals surface area contributed by atoms with Crippen LogP contribution in [0.5, 0.6) is 23.3 Å². The minimum atomic E-state index is -0.778. The smallest absolute Gasteiger partial charge is 0.356 e. The van der Waals surface area contributed by atoms with Crippen LogP contribution in [0.2, 0.25) is 0 Å². The third kappa shape index (κ3) is 3.32. The molecule has 0 atom stereocenters. The van der Waals surface area contributed by atoms with Gasteiger partial charge in [0.2, 0.25) is 11.8 Å². The highest BCUT2D eigenvalue weighted by molar-refractivity contribution is 5.88. The molecule has 7 heteroatoms. The molecule has 22 heavy (non-hydrogen) atoms. The fraction of sp³-hybridized carbons (Fsp3) is 0.133. The van der Waals surface area contributed by atoms with E-state index in [9.17, 15) is 15.0 Å². The van der Waals surface area contributed by atoms with Crippen molar-refractivity contribution >= 4 is 12.0 Å². The summed E-state index contributed by atoms with van der Waals surface area (Å²) in [6.45, 7) is 0. The van der Waals surface area contributed by atoms with Crippen LogP contribution in [-0.2, 0) is 4.79 Å². The number of hydrogen-bond acceptors (Lipinski definition) is 6. The van der Waals surface area contributed by atoms with Crippen molar-refractivity contribution in [1.29, 1.82) is 0 Å². The molecule has 2 aromatic rings. The molecule has 0 saturated heterocycles. The summed E-state index contributed by atoms with van der Waals surface area (Å²) >= 11 is 0. The molecule has 0 bridgehead atoms. The number of carbonyl (C=O) groups excluding carboxylic acids is 1. The van der Waals surface area contributed by atoms with E-state index in [4.69, 9.17) is 14.3 Å². The van der Waals surface area contributed by atoms with Crippen LogP contribution in [0.15, 0.2) is 36.4 Å². The molecule has 1 heterocycles. The van der Waals surface area contributed by atoms with Gasteiger partial charge in [-0.3, -0.25) is 0 Å². The van der Waals surface area contributed by atoms with E-state index in [2.05, 4.69) is 0 Å². The minimum absolute atomic E-state index is 0.388. The van der Waals surface area contributed by atoms with Crippen molar-refractivity contribution in [1.82, 2.24) is 4.73 Å². The second kappa shape index (κ2) is 6.57. The first-order chi connectivity index (χ1) is 10.5. The number of rotatable bonds is 5. The Morgan fingerprint density at radius 1 is 1.09 bits per heavy atom. The van der Waals surface area contributed by atoms with Crippen molar-refractivity contribution in [3.05, 3.63) is 42.0 Å². The molecule has 7 nitrogen and oxygen atoms in total. The largest absolute Gasteiger partial charge is 0.497 e. The Morgan fingerprint density at radius 3 is 2.36 bits per heavy atom. The van der Waals surface area contributed by atoms with Crippen LogP contribution in [-0.4, -0.2) is 35.1 Å². The van der Waals surface area contributed by atoms with E-state index in [0.29, 0.717) is 21.8 Å². The summed E-state index contributed by atoms with van der Waals surface area (Å²) in [4.78, 5) is 16.5. The van der Waals surface area contributed by atoms with E-state index in [-0.39, 0.29) is 11.8 Å². The fourth-order valence-corrected chi connectivity index (χ4v) is 1.73. The van der Waals surface area contributed by atoms with Gasteiger partial charge in [0.15, 0.2) is 0 Å². The molecule has 2 rings (SSSR count). The molecule has 0 fully saturated rings. The summed E-state index contributed by atoms with van der Waals surface area (Å²) in [5.41, 5.74) is 0.640. The molecule has 0 amide bonds. The monoisotopic (exact) mass is 305 g/mol. The Balaban J connectivity index is 2.13. The van der Waals surface area contributed by atoms with Gasteiger partial charge in [-0.15, -0.1) is 4.73 Å². The van der Waals surface area contributed by atoms with E-state index in [1.165, 1.54) is 32.4 Å². The second-order valence-corrected chi connectivity index (χ2v) is 4.20. The molecule has 0 unspecified atom stereocenters. The lowest BCUT2D eigenvalue weighted by Crippen LogP contribution is -2.16.